The predicted molar refractivity (Wildman–Crippen MR) is 116 cm³/mol. The van der Waals surface area contributed by atoms with Crippen molar-refractivity contribution in [3.63, 3.8) is 0 Å². The molecule has 0 bridgehead atoms. The van der Waals surface area contributed by atoms with Crippen LogP contribution in [0.25, 0.3) is 0 Å². The molecule has 2 unspecified atom stereocenters. The van der Waals surface area contributed by atoms with Crippen LogP contribution in [0.4, 0.5) is 0 Å². The number of rotatable bonds is 12. The van der Waals surface area contributed by atoms with Crippen LogP contribution >= 0.6 is 20.3 Å². The standard InChI is InChI=1S/C22H29O3PS/c1-3-24-21(23)22(25-4-2,16-15-19-11-7-5-8-12-19)17-26-18-27-20-13-9-6-10-14-20/h5-14,26H,3-4,15-18H2,1-2H3. The molecule has 0 spiro atoms. The fraction of sp³-hybridized carbons (Fsp3) is 0.409. The molecule has 3 nitrogen and oxygen atoms in total. The zero-order chi connectivity index (χ0) is 19.4. The van der Waals surface area contributed by atoms with E-state index >= 15 is 0 Å². The molecule has 0 heterocycles. The van der Waals surface area contributed by atoms with E-state index in [9.17, 15) is 4.79 Å². The van der Waals surface area contributed by atoms with Gasteiger partial charge in [0.1, 0.15) is 0 Å². The molecule has 0 fully saturated rings. The maximum atomic E-state index is 12.8. The average molecular weight is 405 g/mol. The molecule has 0 aliphatic carbocycles. The second-order valence-corrected chi connectivity index (χ2v) is 8.93. The lowest BCUT2D eigenvalue weighted by atomic mass is 9.96. The van der Waals surface area contributed by atoms with Crippen LogP contribution in [0.3, 0.4) is 0 Å². The van der Waals surface area contributed by atoms with Crippen molar-refractivity contribution in [3.05, 3.63) is 66.2 Å². The van der Waals surface area contributed by atoms with Gasteiger partial charge in [-0.05, 0) is 44.4 Å². The van der Waals surface area contributed by atoms with Crippen LogP contribution in [0.1, 0.15) is 25.8 Å². The zero-order valence-electron chi connectivity index (χ0n) is 16.1. The van der Waals surface area contributed by atoms with E-state index in [0.717, 1.165) is 11.9 Å². The topological polar surface area (TPSA) is 35.5 Å². The van der Waals surface area contributed by atoms with Crippen molar-refractivity contribution in [2.45, 2.75) is 37.2 Å². The first-order chi connectivity index (χ1) is 13.2. The minimum atomic E-state index is -0.851. The van der Waals surface area contributed by atoms with Crippen molar-refractivity contribution in [1.29, 1.82) is 0 Å². The van der Waals surface area contributed by atoms with Crippen LogP contribution in [0.2, 0.25) is 0 Å². The maximum absolute atomic E-state index is 12.8. The van der Waals surface area contributed by atoms with Gasteiger partial charge in [-0.15, -0.1) is 20.3 Å². The lowest BCUT2D eigenvalue weighted by molar-refractivity contribution is -0.169. The first-order valence-corrected chi connectivity index (χ1v) is 11.8. The molecule has 0 amide bonds. The molecule has 5 heteroatoms. The Morgan fingerprint density at radius 3 is 2.30 bits per heavy atom. The van der Waals surface area contributed by atoms with Crippen molar-refractivity contribution in [1.82, 2.24) is 0 Å². The Morgan fingerprint density at radius 1 is 1.00 bits per heavy atom. The Hall–Kier alpha value is -1.35. The summed E-state index contributed by atoms with van der Waals surface area (Å²) < 4.78 is 11.4. The van der Waals surface area contributed by atoms with Crippen molar-refractivity contribution in [3.8, 4) is 0 Å². The summed E-state index contributed by atoms with van der Waals surface area (Å²) in [6.07, 6.45) is 2.15. The van der Waals surface area contributed by atoms with Crippen LogP contribution in [-0.4, -0.2) is 36.4 Å². The number of carbonyl (C=O) groups is 1. The molecule has 2 rings (SSSR count). The second kappa shape index (κ2) is 12.2. The van der Waals surface area contributed by atoms with Crippen molar-refractivity contribution < 1.29 is 14.3 Å². The van der Waals surface area contributed by atoms with Gasteiger partial charge >= 0.3 is 5.97 Å². The summed E-state index contributed by atoms with van der Waals surface area (Å²) >= 11 is 1.82. The Bertz CT molecular complexity index is 666. The van der Waals surface area contributed by atoms with Gasteiger partial charge in [-0.1, -0.05) is 48.5 Å². The number of thioether (sulfide) groups is 1. The zero-order valence-corrected chi connectivity index (χ0v) is 18.0. The molecule has 2 aromatic rings. The maximum Gasteiger partial charge on any atom is 0.338 e. The Labute approximate surface area is 169 Å². The van der Waals surface area contributed by atoms with Gasteiger partial charge in [0.2, 0.25) is 0 Å². The van der Waals surface area contributed by atoms with Crippen LogP contribution in [0.5, 0.6) is 0 Å². The third kappa shape index (κ3) is 7.29. The summed E-state index contributed by atoms with van der Waals surface area (Å²) in [7, 11) is 0.621. The van der Waals surface area contributed by atoms with Crippen molar-refractivity contribution in [2.75, 3.05) is 24.9 Å². The molecule has 0 aliphatic rings. The SMILES string of the molecule is CCOC(=O)C(CCc1ccccc1)(CPCSc1ccccc1)OCC. The van der Waals surface area contributed by atoms with E-state index in [1.165, 1.54) is 10.5 Å². The van der Waals surface area contributed by atoms with Gasteiger partial charge < -0.3 is 9.47 Å². The highest BCUT2D eigenvalue weighted by molar-refractivity contribution is 8.03. The summed E-state index contributed by atoms with van der Waals surface area (Å²) in [6, 6.07) is 20.6. The largest absolute Gasteiger partial charge is 0.464 e. The second-order valence-electron chi connectivity index (χ2n) is 6.16. The molecule has 2 aromatic carbocycles. The summed E-state index contributed by atoms with van der Waals surface area (Å²) in [4.78, 5) is 14.0. The van der Waals surface area contributed by atoms with Gasteiger partial charge in [0.25, 0.3) is 0 Å². The fourth-order valence-electron chi connectivity index (χ4n) is 2.88. The van der Waals surface area contributed by atoms with Crippen molar-refractivity contribution in [2.24, 2.45) is 0 Å². The first kappa shape index (κ1) is 21.9. The summed E-state index contributed by atoms with van der Waals surface area (Å²) in [6.45, 7) is 4.67. The van der Waals surface area contributed by atoms with Gasteiger partial charge in [-0.3, -0.25) is 0 Å². The lowest BCUT2D eigenvalue weighted by Gasteiger charge is -2.31. The Kier molecular flexibility index (Phi) is 9.90. The fourth-order valence-corrected chi connectivity index (χ4v) is 5.54. The third-order valence-corrected chi connectivity index (χ3v) is 7.04. The smallest absolute Gasteiger partial charge is 0.338 e. The van der Waals surface area contributed by atoms with E-state index in [-0.39, 0.29) is 5.97 Å². The third-order valence-electron chi connectivity index (χ3n) is 4.22. The van der Waals surface area contributed by atoms with Crippen LogP contribution in [0.15, 0.2) is 65.6 Å². The van der Waals surface area contributed by atoms with E-state index in [1.54, 1.807) is 0 Å². The molecule has 2 atom stereocenters. The van der Waals surface area contributed by atoms with E-state index in [1.807, 2.05) is 49.9 Å². The number of aryl methyl sites for hydroxylation is 1. The first-order valence-electron chi connectivity index (χ1n) is 9.44. The lowest BCUT2D eigenvalue weighted by Crippen LogP contribution is -2.46. The highest BCUT2D eigenvalue weighted by Gasteiger charge is 2.40. The minimum Gasteiger partial charge on any atom is -0.464 e. The highest BCUT2D eigenvalue weighted by atomic mass is 32.2. The molecule has 0 saturated heterocycles. The number of ether oxygens (including phenoxy) is 2. The van der Waals surface area contributed by atoms with E-state index in [2.05, 4.69) is 36.4 Å². The van der Waals surface area contributed by atoms with Gasteiger partial charge in [-0.25, -0.2) is 4.79 Å². The molecule has 146 valence electrons. The Balaban J connectivity index is 2.00. The van der Waals surface area contributed by atoms with Crippen LogP contribution in [0, 0.1) is 0 Å². The number of carbonyl (C=O) groups excluding carboxylic acids is 1. The number of benzene rings is 2. The normalized spacial score (nSPS) is 13.6. The number of esters is 1. The Morgan fingerprint density at radius 2 is 1.67 bits per heavy atom. The monoisotopic (exact) mass is 404 g/mol. The minimum absolute atomic E-state index is 0.222. The molecular weight excluding hydrogens is 375 g/mol. The number of hydrogen-bond donors (Lipinski definition) is 0. The molecule has 0 aliphatic heterocycles. The molecule has 0 aromatic heterocycles. The summed E-state index contributed by atoms with van der Waals surface area (Å²) in [5.74, 6) is -0.222. The quantitative estimate of drug-likeness (QED) is 0.206. The average Bonchev–Trinajstić information content (AvgIpc) is 2.71. The number of hydrogen-bond acceptors (Lipinski definition) is 4. The highest BCUT2D eigenvalue weighted by Crippen LogP contribution is 2.33. The molecule has 0 radical (unpaired) electrons. The molecular formula is C22H29O3PS. The summed E-state index contributed by atoms with van der Waals surface area (Å²) in [5.41, 5.74) is 1.34. The van der Waals surface area contributed by atoms with Gasteiger partial charge in [-0.2, -0.15) is 0 Å². The van der Waals surface area contributed by atoms with Crippen LogP contribution in [-0.2, 0) is 20.7 Å². The van der Waals surface area contributed by atoms with E-state index in [4.69, 9.17) is 9.47 Å². The van der Waals surface area contributed by atoms with E-state index < -0.39 is 5.60 Å². The van der Waals surface area contributed by atoms with Crippen molar-refractivity contribution >= 4 is 26.3 Å². The predicted octanol–water partition coefficient (Wildman–Crippen LogP) is 5.39. The van der Waals surface area contributed by atoms with E-state index in [0.29, 0.717) is 34.4 Å². The van der Waals surface area contributed by atoms with Gasteiger partial charge in [0.05, 0.1) is 6.61 Å². The molecule has 27 heavy (non-hydrogen) atoms. The van der Waals surface area contributed by atoms with Gasteiger partial charge in [0.15, 0.2) is 5.60 Å². The van der Waals surface area contributed by atoms with Crippen LogP contribution < -0.4 is 0 Å². The summed E-state index contributed by atoms with van der Waals surface area (Å²) in [5, 5.41) is 0. The van der Waals surface area contributed by atoms with Gasteiger partial charge in [0, 0.05) is 23.2 Å². The molecule has 0 saturated carbocycles. The molecule has 0 N–H and O–H groups in total.